The van der Waals surface area contributed by atoms with Gasteiger partial charge in [0.2, 0.25) is 5.91 Å². The molecule has 1 saturated carbocycles. The van der Waals surface area contributed by atoms with Crippen molar-refractivity contribution >= 4 is 17.5 Å². The number of likely N-dealkylation sites (N-methyl/N-ethyl adjacent to an activating group) is 1. The van der Waals surface area contributed by atoms with E-state index in [1.54, 1.807) is 28.4 Å². The first-order valence-corrected chi connectivity index (χ1v) is 11.5. The number of amides is 2. The van der Waals surface area contributed by atoms with Gasteiger partial charge in [-0.1, -0.05) is 12.5 Å². The Morgan fingerprint density at radius 2 is 1.71 bits per heavy atom. The van der Waals surface area contributed by atoms with Crippen molar-refractivity contribution in [3.05, 3.63) is 53.6 Å². The molecule has 180 valence electrons. The molecule has 2 aromatic carbocycles. The van der Waals surface area contributed by atoms with Gasteiger partial charge in [-0.3, -0.25) is 9.59 Å². The topological polar surface area (TPSA) is 80.7 Å². The van der Waals surface area contributed by atoms with E-state index >= 15 is 0 Å². The summed E-state index contributed by atoms with van der Waals surface area (Å²) in [5.41, 5.74) is 2.59. The molecule has 2 aromatic rings. The predicted octanol–water partition coefficient (Wildman–Crippen LogP) is 3.65. The summed E-state index contributed by atoms with van der Waals surface area (Å²) >= 11 is 0. The van der Waals surface area contributed by atoms with E-state index in [4.69, 9.17) is 19.3 Å². The molecule has 0 N–H and O–H groups in total. The average molecular weight is 466 g/mol. The molecule has 0 aromatic heterocycles. The van der Waals surface area contributed by atoms with E-state index in [9.17, 15) is 9.59 Å². The molecule has 1 aliphatic carbocycles. The number of methoxy groups -OCH3 is 3. The van der Waals surface area contributed by atoms with Gasteiger partial charge in [-0.25, -0.2) is 5.01 Å². The summed E-state index contributed by atoms with van der Waals surface area (Å²) in [7, 11) is 6.48. The molecule has 0 unspecified atom stereocenters. The van der Waals surface area contributed by atoms with Gasteiger partial charge in [0, 0.05) is 19.4 Å². The summed E-state index contributed by atoms with van der Waals surface area (Å²) in [4.78, 5) is 27.5. The maximum absolute atomic E-state index is 13.4. The third-order valence-corrected chi connectivity index (χ3v) is 6.58. The number of hydrogen-bond acceptors (Lipinski definition) is 6. The summed E-state index contributed by atoms with van der Waals surface area (Å²) in [5, 5.41) is 6.22. The molecule has 1 fully saturated rings. The molecule has 2 aliphatic rings. The lowest BCUT2D eigenvalue weighted by molar-refractivity contribution is -0.144. The minimum atomic E-state index is -0.323. The van der Waals surface area contributed by atoms with Gasteiger partial charge < -0.3 is 19.1 Å². The zero-order valence-corrected chi connectivity index (χ0v) is 20.1. The molecule has 1 heterocycles. The van der Waals surface area contributed by atoms with Crippen LogP contribution in [-0.4, -0.2) is 62.4 Å². The van der Waals surface area contributed by atoms with Crippen LogP contribution in [0.4, 0.5) is 0 Å². The Morgan fingerprint density at radius 3 is 2.29 bits per heavy atom. The van der Waals surface area contributed by atoms with Gasteiger partial charge in [-0.05, 0) is 60.4 Å². The third-order valence-electron chi connectivity index (χ3n) is 6.58. The van der Waals surface area contributed by atoms with Crippen LogP contribution in [0.15, 0.2) is 47.6 Å². The van der Waals surface area contributed by atoms with Crippen LogP contribution in [0.3, 0.4) is 0 Å². The predicted molar refractivity (Wildman–Crippen MR) is 128 cm³/mol. The van der Waals surface area contributed by atoms with Crippen molar-refractivity contribution in [1.29, 1.82) is 0 Å². The largest absolute Gasteiger partial charge is 0.497 e. The first kappa shape index (κ1) is 23.6. The molecule has 2 amide bonds. The Balaban J connectivity index is 1.62. The highest BCUT2D eigenvalue weighted by Gasteiger charge is 2.35. The Morgan fingerprint density at radius 1 is 1.00 bits per heavy atom. The van der Waals surface area contributed by atoms with Crippen LogP contribution in [0.25, 0.3) is 0 Å². The zero-order chi connectivity index (χ0) is 24.2. The van der Waals surface area contributed by atoms with Crippen molar-refractivity contribution in [3.63, 3.8) is 0 Å². The lowest BCUT2D eigenvalue weighted by atomic mass is 9.84. The molecule has 8 nitrogen and oxygen atoms in total. The van der Waals surface area contributed by atoms with Crippen molar-refractivity contribution in [2.24, 2.45) is 11.0 Å². The highest BCUT2D eigenvalue weighted by atomic mass is 16.5. The maximum Gasteiger partial charge on any atom is 0.262 e. The van der Waals surface area contributed by atoms with Gasteiger partial charge in [0.25, 0.3) is 5.91 Å². The Kier molecular flexibility index (Phi) is 7.05. The minimum absolute atomic E-state index is 0.0154. The first-order chi connectivity index (χ1) is 16.4. The lowest BCUT2D eigenvalue weighted by Gasteiger charge is -2.30. The quantitative estimate of drug-likeness (QED) is 0.595. The molecule has 1 aliphatic heterocycles. The monoisotopic (exact) mass is 465 g/mol. The Labute approximate surface area is 200 Å². The van der Waals surface area contributed by atoms with Crippen LogP contribution >= 0.6 is 0 Å². The average Bonchev–Trinajstić information content (AvgIpc) is 3.28. The minimum Gasteiger partial charge on any atom is -0.497 e. The van der Waals surface area contributed by atoms with Crippen molar-refractivity contribution in [2.75, 3.05) is 34.9 Å². The molecule has 0 radical (unpaired) electrons. The van der Waals surface area contributed by atoms with E-state index in [1.165, 1.54) is 9.91 Å². The summed E-state index contributed by atoms with van der Waals surface area (Å²) in [5.74, 6) is 1.80. The molecule has 0 saturated heterocycles. The van der Waals surface area contributed by atoms with E-state index in [0.717, 1.165) is 41.9 Å². The Bertz CT molecular complexity index is 1080. The number of hydrogen-bond donors (Lipinski definition) is 0. The van der Waals surface area contributed by atoms with Crippen molar-refractivity contribution in [1.82, 2.24) is 9.91 Å². The number of benzene rings is 2. The molecule has 8 heteroatoms. The van der Waals surface area contributed by atoms with Crippen LogP contribution in [0, 0.1) is 5.92 Å². The molecule has 4 rings (SSSR count). The second kappa shape index (κ2) is 10.2. The molecular weight excluding hydrogens is 434 g/mol. The normalized spacial score (nSPS) is 17.6. The third kappa shape index (κ3) is 4.71. The molecule has 34 heavy (non-hydrogen) atoms. The molecule has 0 bridgehead atoms. The number of nitrogens with zero attached hydrogens (tertiary/aromatic N) is 3. The molecule has 0 spiro atoms. The van der Waals surface area contributed by atoms with Gasteiger partial charge in [0.1, 0.15) is 12.3 Å². The fourth-order valence-corrected chi connectivity index (χ4v) is 4.34. The van der Waals surface area contributed by atoms with Gasteiger partial charge in [0.05, 0.1) is 33.1 Å². The summed E-state index contributed by atoms with van der Waals surface area (Å²) < 4.78 is 16.1. The van der Waals surface area contributed by atoms with Crippen LogP contribution < -0.4 is 14.2 Å². The van der Waals surface area contributed by atoms with Crippen LogP contribution in [-0.2, 0) is 9.59 Å². The number of ether oxygens (including phenoxy) is 3. The summed E-state index contributed by atoms with van der Waals surface area (Å²) in [6, 6.07) is 12.9. The van der Waals surface area contributed by atoms with Crippen molar-refractivity contribution in [3.8, 4) is 17.2 Å². The van der Waals surface area contributed by atoms with E-state index in [-0.39, 0.29) is 30.3 Å². The van der Waals surface area contributed by atoms with Gasteiger partial charge in [-0.15, -0.1) is 0 Å². The van der Waals surface area contributed by atoms with E-state index in [1.807, 2.05) is 42.5 Å². The fraction of sp³-hybridized carbons (Fsp3) is 0.423. The lowest BCUT2D eigenvalue weighted by Crippen LogP contribution is -2.42. The molecular formula is C26H31N3O5. The number of rotatable bonds is 8. The zero-order valence-electron chi connectivity index (χ0n) is 20.1. The highest BCUT2D eigenvalue weighted by molar-refractivity contribution is 6.03. The number of carbonyl (C=O) groups is 2. The van der Waals surface area contributed by atoms with Gasteiger partial charge in [0.15, 0.2) is 11.5 Å². The van der Waals surface area contributed by atoms with Gasteiger partial charge in [-0.2, -0.15) is 5.10 Å². The van der Waals surface area contributed by atoms with Crippen molar-refractivity contribution < 1.29 is 23.8 Å². The highest BCUT2D eigenvalue weighted by Crippen LogP contribution is 2.37. The smallest absolute Gasteiger partial charge is 0.262 e. The second-order valence-corrected chi connectivity index (χ2v) is 8.67. The van der Waals surface area contributed by atoms with Crippen LogP contribution in [0.2, 0.25) is 0 Å². The Hall–Kier alpha value is -3.55. The van der Waals surface area contributed by atoms with E-state index in [0.29, 0.717) is 17.9 Å². The van der Waals surface area contributed by atoms with Crippen molar-refractivity contribution in [2.45, 2.75) is 31.7 Å². The SMILES string of the molecule is COc1ccc(C2=NN(C(=O)CN(C)C(=O)C3CCC3)[C@@H](c3ccc(OC)c(OC)c3)C2)cc1. The standard InChI is InChI=1S/C26H31N3O5/c1-28(26(31)18-6-5-7-18)16-25(30)29-22(19-10-13-23(33-3)24(14-19)34-4)15-21(27-29)17-8-11-20(32-2)12-9-17/h8-14,18,22H,5-7,15-16H2,1-4H3/t22-/m1/s1. The molecule has 1 atom stereocenters. The fourth-order valence-electron chi connectivity index (χ4n) is 4.34. The van der Waals surface area contributed by atoms with E-state index in [2.05, 4.69) is 0 Å². The van der Waals surface area contributed by atoms with Crippen LogP contribution in [0.1, 0.15) is 42.9 Å². The van der Waals surface area contributed by atoms with E-state index < -0.39 is 0 Å². The number of carbonyl (C=O) groups excluding carboxylic acids is 2. The van der Waals surface area contributed by atoms with Crippen LogP contribution in [0.5, 0.6) is 17.2 Å². The number of hydrazone groups is 1. The second-order valence-electron chi connectivity index (χ2n) is 8.67. The summed E-state index contributed by atoms with van der Waals surface area (Å²) in [6.45, 7) is -0.0154. The maximum atomic E-state index is 13.4. The first-order valence-electron chi connectivity index (χ1n) is 11.5. The van der Waals surface area contributed by atoms with Gasteiger partial charge >= 0.3 is 0 Å². The summed E-state index contributed by atoms with van der Waals surface area (Å²) in [6.07, 6.45) is 3.40.